The topological polar surface area (TPSA) is 57.5 Å². The highest BCUT2D eigenvalue weighted by Gasteiger charge is 2.30. The third-order valence-electron chi connectivity index (χ3n) is 6.56. The predicted molar refractivity (Wildman–Crippen MR) is 111 cm³/mol. The van der Waals surface area contributed by atoms with Gasteiger partial charge in [-0.25, -0.2) is 0 Å². The molecule has 0 radical (unpaired) electrons. The molecule has 3 aliphatic rings. The number of anilines is 1. The molecule has 0 spiro atoms. The predicted octanol–water partition coefficient (Wildman–Crippen LogP) is -0.586. The lowest BCUT2D eigenvalue weighted by Gasteiger charge is -2.39. The highest BCUT2D eigenvalue weighted by Crippen LogP contribution is 2.30. The minimum absolute atomic E-state index is 0.201. The van der Waals surface area contributed by atoms with Crippen LogP contribution in [0.5, 0.6) is 0 Å². The number of ether oxygens (including phenoxy) is 1. The van der Waals surface area contributed by atoms with Gasteiger partial charge in [0.1, 0.15) is 0 Å². The van der Waals surface area contributed by atoms with E-state index in [2.05, 4.69) is 36.1 Å². The number of fused-ring (bicyclic) bond motifs is 1. The maximum absolute atomic E-state index is 13.0. The number of hydrogen-bond acceptors (Lipinski definition) is 4. The number of amides is 2. The molecule has 0 unspecified atom stereocenters. The molecular formula is C22H33N4O3+. The van der Waals surface area contributed by atoms with Gasteiger partial charge < -0.3 is 24.3 Å². The van der Waals surface area contributed by atoms with Gasteiger partial charge in [-0.2, -0.15) is 0 Å². The number of rotatable bonds is 4. The third-order valence-corrected chi connectivity index (χ3v) is 6.56. The molecule has 0 bridgehead atoms. The lowest BCUT2D eigenvalue weighted by Crippen LogP contribution is -3.15. The van der Waals surface area contributed by atoms with Gasteiger partial charge in [-0.15, -0.1) is 0 Å². The Morgan fingerprint density at radius 3 is 2.48 bits per heavy atom. The molecule has 1 aromatic carbocycles. The Bertz CT molecular complexity index is 727. The van der Waals surface area contributed by atoms with Gasteiger partial charge in [-0.3, -0.25) is 9.59 Å². The number of aryl methyl sites for hydroxylation is 1. The van der Waals surface area contributed by atoms with E-state index in [-0.39, 0.29) is 11.8 Å². The van der Waals surface area contributed by atoms with E-state index in [1.54, 1.807) is 0 Å². The van der Waals surface area contributed by atoms with Crippen molar-refractivity contribution in [2.45, 2.75) is 25.8 Å². The Hall–Kier alpha value is -2.12. The highest BCUT2D eigenvalue weighted by molar-refractivity contribution is 5.82. The number of carbonyl (C=O) groups excluding carboxylic acids is 2. The van der Waals surface area contributed by atoms with Crippen LogP contribution in [0.2, 0.25) is 0 Å². The van der Waals surface area contributed by atoms with Crippen LogP contribution in [0.15, 0.2) is 24.3 Å². The summed E-state index contributed by atoms with van der Waals surface area (Å²) in [4.78, 5) is 32.9. The molecule has 158 valence electrons. The van der Waals surface area contributed by atoms with Crippen LogP contribution >= 0.6 is 0 Å². The minimum Gasteiger partial charge on any atom is -0.378 e. The van der Waals surface area contributed by atoms with Crippen LogP contribution in [0.25, 0.3) is 0 Å². The fourth-order valence-corrected chi connectivity index (χ4v) is 4.63. The number of benzene rings is 1. The second-order valence-corrected chi connectivity index (χ2v) is 8.45. The van der Waals surface area contributed by atoms with E-state index in [1.807, 2.05) is 9.80 Å². The molecule has 0 saturated carbocycles. The van der Waals surface area contributed by atoms with Crippen LogP contribution in [0, 0.1) is 0 Å². The van der Waals surface area contributed by atoms with Gasteiger partial charge in [0.05, 0.1) is 45.9 Å². The number of nitrogens with one attached hydrogen (secondary N) is 1. The first kappa shape index (κ1) is 20.2. The molecule has 2 amide bonds. The quantitative estimate of drug-likeness (QED) is 0.733. The van der Waals surface area contributed by atoms with Crippen molar-refractivity contribution in [3.8, 4) is 0 Å². The lowest BCUT2D eigenvalue weighted by atomic mass is 9.96. The summed E-state index contributed by atoms with van der Waals surface area (Å²) in [6.07, 6.45) is 2.17. The summed E-state index contributed by atoms with van der Waals surface area (Å²) in [6, 6.07) is 8.83. The van der Waals surface area contributed by atoms with E-state index in [0.717, 1.165) is 39.0 Å². The second kappa shape index (κ2) is 9.13. The molecular weight excluding hydrogens is 368 g/mol. The van der Waals surface area contributed by atoms with E-state index in [9.17, 15) is 9.59 Å². The lowest BCUT2D eigenvalue weighted by molar-refractivity contribution is -0.896. The maximum Gasteiger partial charge on any atom is 0.277 e. The average molecular weight is 402 g/mol. The Morgan fingerprint density at radius 2 is 1.72 bits per heavy atom. The zero-order valence-corrected chi connectivity index (χ0v) is 17.4. The Kier molecular flexibility index (Phi) is 6.35. The molecule has 0 aromatic heterocycles. The van der Waals surface area contributed by atoms with Gasteiger partial charge in [0.2, 0.25) is 5.91 Å². The molecule has 4 rings (SSSR count). The van der Waals surface area contributed by atoms with Gasteiger partial charge in [0.15, 0.2) is 6.54 Å². The standard InChI is InChI=1S/C22H32N4O3/c1-18-6-7-19-4-2-3-5-20(19)26(18)17-22(28)24-10-8-23(9-11-24)16-21(27)25-12-14-29-15-13-25/h2-5,18H,6-17H2,1H3/p+1/t18-/m1/s1. The first-order chi connectivity index (χ1) is 14.1. The monoisotopic (exact) mass is 401 g/mol. The molecule has 29 heavy (non-hydrogen) atoms. The van der Waals surface area contributed by atoms with E-state index < -0.39 is 0 Å². The first-order valence-electron chi connectivity index (χ1n) is 10.9. The molecule has 7 heteroatoms. The summed E-state index contributed by atoms with van der Waals surface area (Å²) in [5.41, 5.74) is 2.55. The van der Waals surface area contributed by atoms with E-state index in [0.29, 0.717) is 45.4 Å². The number of morpholine rings is 1. The van der Waals surface area contributed by atoms with Crippen LogP contribution in [-0.2, 0) is 20.7 Å². The highest BCUT2D eigenvalue weighted by atomic mass is 16.5. The summed E-state index contributed by atoms with van der Waals surface area (Å²) in [5, 5.41) is 0. The van der Waals surface area contributed by atoms with Crippen molar-refractivity contribution < 1.29 is 19.2 Å². The largest absolute Gasteiger partial charge is 0.378 e. The fourth-order valence-electron chi connectivity index (χ4n) is 4.63. The number of para-hydroxylation sites is 1. The maximum atomic E-state index is 13.0. The molecule has 7 nitrogen and oxygen atoms in total. The van der Waals surface area contributed by atoms with Crippen molar-refractivity contribution in [2.24, 2.45) is 0 Å². The smallest absolute Gasteiger partial charge is 0.277 e. The minimum atomic E-state index is 0.201. The Labute approximate surface area is 173 Å². The molecule has 3 aliphatic heterocycles. The first-order valence-corrected chi connectivity index (χ1v) is 10.9. The Morgan fingerprint density at radius 1 is 1.03 bits per heavy atom. The summed E-state index contributed by atoms with van der Waals surface area (Å²) in [7, 11) is 0. The van der Waals surface area contributed by atoms with Crippen LogP contribution < -0.4 is 9.80 Å². The SMILES string of the molecule is C[C@@H]1CCc2ccccc2N1CC(=O)N1CC[NH+](CC(=O)N2CCOCC2)CC1. The molecule has 1 aromatic rings. The number of quaternary nitrogens is 1. The molecule has 0 aliphatic carbocycles. The van der Waals surface area contributed by atoms with Gasteiger partial charge >= 0.3 is 0 Å². The number of hydrogen-bond donors (Lipinski definition) is 1. The molecule has 1 N–H and O–H groups in total. The van der Waals surface area contributed by atoms with Crippen LogP contribution in [0.3, 0.4) is 0 Å². The molecule has 1 atom stereocenters. The normalized spacial score (nSPS) is 23.1. The van der Waals surface area contributed by atoms with Crippen LogP contribution in [0.1, 0.15) is 18.9 Å². The molecule has 2 fully saturated rings. The van der Waals surface area contributed by atoms with Gasteiger partial charge in [-0.1, -0.05) is 18.2 Å². The zero-order chi connectivity index (χ0) is 20.2. The van der Waals surface area contributed by atoms with Crippen molar-refractivity contribution in [2.75, 3.05) is 70.5 Å². The van der Waals surface area contributed by atoms with Crippen molar-refractivity contribution in [3.05, 3.63) is 29.8 Å². The summed E-state index contributed by atoms with van der Waals surface area (Å²) in [6.45, 7) is 9.01. The summed E-state index contributed by atoms with van der Waals surface area (Å²) >= 11 is 0. The van der Waals surface area contributed by atoms with Crippen molar-refractivity contribution in [3.63, 3.8) is 0 Å². The average Bonchev–Trinajstić information content (AvgIpc) is 2.77. The van der Waals surface area contributed by atoms with Crippen LogP contribution in [-0.4, -0.2) is 93.2 Å². The van der Waals surface area contributed by atoms with Crippen molar-refractivity contribution in [1.82, 2.24) is 9.80 Å². The number of piperazine rings is 1. The van der Waals surface area contributed by atoms with Gasteiger partial charge in [0.25, 0.3) is 5.91 Å². The summed E-state index contributed by atoms with van der Waals surface area (Å²) < 4.78 is 5.32. The van der Waals surface area contributed by atoms with E-state index in [1.165, 1.54) is 16.2 Å². The molecule has 2 saturated heterocycles. The number of nitrogens with zero attached hydrogens (tertiary/aromatic N) is 3. The zero-order valence-electron chi connectivity index (χ0n) is 17.4. The fraction of sp³-hybridized carbons (Fsp3) is 0.636. The third kappa shape index (κ3) is 4.73. The van der Waals surface area contributed by atoms with Crippen LogP contribution in [0.4, 0.5) is 5.69 Å². The number of carbonyl (C=O) groups is 2. The molecule has 3 heterocycles. The van der Waals surface area contributed by atoms with Gasteiger partial charge in [-0.05, 0) is 31.4 Å². The van der Waals surface area contributed by atoms with E-state index in [4.69, 9.17) is 4.74 Å². The Balaban J connectivity index is 1.28. The van der Waals surface area contributed by atoms with Crippen molar-refractivity contribution >= 4 is 17.5 Å². The van der Waals surface area contributed by atoms with Gasteiger partial charge in [0, 0.05) is 24.8 Å². The van der Waals surface area contributed by atoms with Crippen molar-refractivity contribution in [1.29, 1.82) is 0 Å². The second-order valence-electron chi connectivity index (χ2n) is 8.45. The van der Waals surface area contributed by atoms with E-state index >= 15 is 0 Å². The summed E-state index contributed by atoms with van der Waals surface area (Å²) in [5.74, 6) is 0.411.